The van der Waals surface area contributed by atoms with Gasteiger partial charge in [0, 0.05) is 0 Å². The molecule has 0 aliphatic heterocycles. The van der Waals surface area contributed by atoms with E-state index in [1.54, 1.807) is 6.07 Å². The number of nitrogens with zero attached hydrogens (tertiary/aromatic N) is 1. The molecular formula is C27H22F3N2P. The number of rotatable bonds is 5. The molecule has 0 aliphatic rings. The Kier molecular flexibility index (Phi) is 6.22. The van der Waals surface area contributed by atoms with Crippen molar-refractivity contribution in [3.8, 4) is 6.07 Å². The first-order valence-electron chi connectivity index (χ1n) is 10.4. The number of nitrogen functional groups attached to an aromatic ring is 1. The van der Waals surface area contributed by atoms with E-state index in [1.807, 2.05) is 91.0 Å². The normalized spacial score (nSPS) is 12.2. The van der Waals surface area contributed by atoms with Gasteiger partial charge in [-0.05, 0) is 0 Å². The molecule has 4 aromatic rings. The Morgan fingerprint density at radius 1 is 0.697 bits per heavy atom. The van der Waals surface area contributed by atoms with Crippen molar-refractivity contribution < 1.29 is 13.2 Å². The molecule has 2 nitrogen and oxygen atoms in total. The fourth-order valence-electron chi connectivity index (χ4n) is 4.51. The van der Waals surface area contributed by atoms with Crippen molar-refractivity contribution >= 4 is 28.9 Å². The van der Waals surface area contributed by atoms with Crippen LogP contribution in [0.1, 0.15) is 16.7 Å². The molecule has 0 fully saturated rings. The van der Waals surface area contributed by atoms with Crippen LogP contribution in [0.3, 0.4) is 0 Å². The molecule has 2 N–H and O–H groups in total. The van der Waals surface area contributed by atoms with Crippen LogP contribution in [-0.4, -0.2) is 0 Å². The minimum atomic E-state index is -4.71. The second kappa shape index (κ2) is 9.10. The van der Waals surface area contributed by atoms with Crippen LogP contribution in [0.5, 0.6) is 0 Å². The van der Waals surface area contributed by atoms with Gasteiger partial charge in [-0.2, -0.15) is 0 Å². The molecule has 6 heteroatoms. The van der Waals surface area contributed by atoms with Crippen LogP contribution < -0.4 is 21.6 Å². The molecule has 166 valence electrons. The van der Waals surface area contributed by atoms with Crippen LogP contribution in [0, 0.1) is 11.3 Å². The Hall–Kier alpha value is -3.61. The van der Waals surface area contributed by atoms with Gasteiger partial charge in [0.15, 0.2) is 0 Å². The van der Waals surface area contributed by atoms with E-state index in [0.29, 0.717) is 0 Å². The molecule has 0 saturated heterocycles. The predicted molar refractivity (Wildman–Crippen MR) is 131 cm³/mol. The van der Waals surface area contributed by atoms with Crippen LogP contribution in [0.25, 0.3) is 0 Å². The molecule has 0 bridgehead atoms. The summed E-state index contributed by atoms with van der Waals surface area (Å²) in [6, 6.07) is 33.2. The average Bonchev–Trinajstić information content (AvgIpc) is 2.84. The zero-order chi connectivity index (χ0) is 23.5. The fourth-order valence-corrected chi connectivity index (χ4v) is 9.32. The van der Waals surface area contributed by atoms with Gasteiger partial charge in [0.2, 0.25) is 0 Å². The van der Waals surface area contributed by atoms with E-state index < -0.39 is 24.6 Å². The van der Waals surface area contributed by atoms with Gasteiger partial charge in [0.25, 0.3) is 0 Å². The number of alkyl halides is 3. The maximum absolute atomic E-state index is 14.3. The van der Waals surface area contributed by atoms with Gasteiger partial charge in [0.05, 0.1) is 0 Å². The number of anilines is 1. The van der Waals surface area contributed by atoms with Gasteiger partial charge in [-0.25, -0.2) is 0 Å². The summed E-state index contributed by atoms with van der Waals surface area (Å²) >= 11 is 0. The Labute approximate surface area is 191 Å². The topological polar surface area (TPSA) is 49.8 Å². The molecular weight excluding hydrogens is 440 g/mol. The molecule has 4 aromatic carbocycles. The third-order valence-corrected chi connectivity index (χ3v) is 10.8. The van der Waals surface area contributed by atoms with Crippen molar-refractivity contribution in [2.75, 3.05) is 5.73 Å². The molecule has 0 aliphatic carbocycles. The predicted octanol–water partition coefficient (Wildman–Crippen LogP) is 5.39. The number of hydrogen-bond donors (Lipinski definition) is 1. The molecule has 0 saturated carbocycles. The summed E-state index contributed by atoms with van der Waals surface area (Å²) in [5, 5.41) is 12.4. The quantitative estimate of drug-likeness (QED) is 0.320. The van der Waals surface area contributed by atoms with E-state index >= 15 is 0 Å². The van der Waals surface area contributed by atoms with Crippen molar-refractivity contribution in [3.05, 3.63) is 120 Å². The standard InChI is InChI=1S/C27H22F3N2P/c28-27(29,30)26-20(18-31)16-17-25(32)24(26)19-33(21-10-4-1-5-11-21,22-12-6-2-7-13-22)23-14-8-3-9-15-23/h1-17,33H,19,32H2. The number of benzene rings is 4. The van der Waals surface area contributed by atoms with Gasteiger partial charge in [-0.15, -0.1) is 0 Å². The van der Waals surface area contributed by atoms with Crippen LogP contribution >= 0.6 is 7.26 Å². The summed E-state index contributed by atoms with van der Waals surface area (Å²) in [6.45, 7) is 0. The summed E-state index contributed by atoms with van der Waals surface area (Å²) in [5.74, 6) is 0. The molecule has 0 amide bonds. The number of nitriles is 1. The summed E-state index contributed by atoms with van der Waals surface area (Å²) in [7, 11) is -3.03. The molecule has 0 spiro atoms. The third-order valence-electron chi connectivity index (χ3n) is 5.99. The summed E-state index contributed by atoms with van der Waals surface area (Å²) in [6.07, 6.45) is -4.64. The molecule has 4 rings (SSSR count). The SMILES string of the molecule is N#Cc1ccc(N)c(C[PH](c2ccccc2)(c2ccccc2)c2ccccc2)c1C(F)(F)F. The van der Waals surface area contributed by atoms with E-state index in [-0.39, 0.29) is 17.4 Å². The molecule has 0 heterocycles. The first-order valence-corrected chi connectivity index (χ1v) is 12.6. The average molecular weight is 462 g/mol. The van der Waals surface area contributed by atoms with Gasteiger partial charge in [0.1, 0.15) is 0 Å². The van der Waals surface area contributed by atoms with Crippen LogP contribution in [0.15, 0.2) is 103 Å². The number of halogens is 3. The number of nitrogens with two attached hydrogens (primary N) is 1. The first kappa shape index (κ1) is 22.6. The molecule has 0 aromatic heterocycles. The first-order chi connectivity index (χ1) is 15.9. The van der Waals surface area contributed by atoms with E-state index in [9.17, 15) is 18.4 Å². The van der Waals surface area contributed by atoms with Crippen LogP contribution in [0.2, 0.25) is 0 Å². The van der Waals surface area contributed by atoms with Crippen molar-refractivity contribution in [2.45, 2.75) is 12.3 Å². The molecule has 0 atom stereocenters. The van der Waals surface area contributed by atoms with Crippen molar-refractivity contribution in [1.29, 1.82) is 5.26 Å². The summed E-state index contributed by atoms with van der Waals surface area (Å²) in [4.78, 5) is 0. The van der Waals surface area contributed by atoms with Gasteiger partial charge >= 0.3 is 191 Å². The van der Waals surface area contributed by atoms with Gasteiger partial charge < -0.3 is 0 Å². The summed E-state index contributed by atoms with van der Waals surface area (Å²) in [5.41, 5.74) is 4.86. The fraction of sp³-hybridized carbons (Fsp3) is 0.0741. The number of hydrogen-bond acceptors (Lipinski definition) is 2. The van der Waals surface area contributed by atoms with Crippen LogP contribution in [-0.2, 0) is 12.3 Å². The Bertz CT molecular complexity index is 1190. The second-order valence-corrected chi connectivity index (χ2v) is 11.7. The molecule has 0 radical (unpaired) electrons. The zero-order valence-corrected chi connectivity index (χ0v) is 18.7. The van der Waals surface area contributed by atoms with E-state index in [0.717, 1.165) is 22.0 Å². The van der Waals surface area contributed by atoms with Gasteiger partial charge in [-0.1, -0.05) is 0 Å². The zero-order valence-electron chi connectivity index (χ0n) is 17.7. The van der Waals surface area contributed by atoms with E-state index in [1.165, 1.54) is 6.07 Å². The monoisotopic (exact) mass is 462 g/mol. The maximum atomic E-state index is 14.3. The van der Waals surface area contributed by atoms with Crippen molar-refractivity contribution in [3.63, 3.8) is 0 Å². The summed E-state index contributed by atoms with van der Waals surface area (Å²) < 4.78 is 42.8. The van der Waals surface area contributed by atoms with Crippen LogP contribution in [0.4, 0.5) is 18.9 Å². The van der Waals surface area contributed by atoms with Gasteiger partial charge in [-0.3, -0.25) is 0 Å². The second-order valence-electron chi connectivity index (χ2n) is 7.85. The Morgan fingerprint density at radius 3 is 1.48 bits per heavy atom. The minimum absolute atomic E-state index is 0.0234. The molecule has 33 heavy (non-hydrogen) atoms. The van der Waals surface area contributed by atoms with Crippen molar-refractivity contribution in [2.24, 2.45) is 0 Å². The Morgan fingerprint density at radius 2 is 1.12 bits per heavy atom. The van der Waals surface area contributed by atoms with Crippen molar-refractivity contribution in [1.82, 2.24) is 0 Å². The third kappa shape index (κ3) is 4.23. The van der Waals surface area contributed by atoms with E-state index in [4.69, 9.17) is 5.73 Å². The van der Waals surface area contributed by atoms with E-state index in [2.05, 4.69) is 0 Å². The Balaban J connectivity index is 2.10. The molecule has 0 unspecified atom stereocenters.